The number of rotatable bonds is 4. The average Bonchev–Trinajstić information content (AvgIpc) is 2.69. The van der Waals surface area contributed by atoms with Crippen molar-refractivity contribution in [1.82, 2.24) is 10.2 Å². The third-order valence-electron chi connectivity index (χ3n) is 6.55. The summed E-state index contributed by atoms with van der Waals surface area (Å²) in [6, 6.07) is 8.37. The molecule has 2 aromatic carbocycles. The zero-order chi connectivity index (χ0) is 22.3. The molecule has 0 unspecified atom stereocenters. The van der Waals surface area contributed by atoms with E-state index < -0.39 is 11.7 Å². The Bertz CT molecular complexity index is 973. The van der Waals surface area contributed by atoms with Crippen LogP contribution >= 0.6 is 0 Å². The number of nitrogens with one attached hydrogen (secondary N) is 1. The largest absolute Gasteiger partial charge is 0.416 e. The maximum Gasteiger partial charge on any atom is 0.416 e. The molecule has 0 bridgehead atoms. The van der Waals surface area contributed by atoms with Gasteiger partial charge >= 0.3 is 6.18 Å². The number of carbonyl (C=O) groups is 1. The Morgan fingerprint density at radius 2 is 1.77 bits per heavy atom. The lowest BCUT2D eigenvalue weighted by Crippen LogP contribution is -2.52. The minimum Gasteiger partial charge on any atom is -0.367 e. The van der Waals surface area contributed by atoms with Gasteiger partial charge < -0.3 is 10.2 Å². The Morgan fingerprint density at radius 3 is 2.39 bits per heavy atom. The number of benzene rings is 2. The number of hydrogen-bond donors (Lipinski definition) is 1. The van der Waals surface area contributed by atoms with E-state index in [-0.39, 0.29) is 11.8 Å². The molecule has 0 aliphatic carbocycles. The van der Waals surface area contributed by atoms with Gasteiger partial charge in [-0.3, -0.25) is 9.69 Å². The first-order valence-electron chi connectivity index (χ1n) is 10.6. The molecule has 1 fully saturated rings. The van der Waals surface area contributed by atoms with Gasteiger partial charge in [-0.05, 0) is 72.4 Å². The van der Waals surface area contributed by atoms with Crippen LogP contribution in [0.15, 0.2) is 30.3 Å². The summed E-state index contributed by atoms with van der Waals surface area (Å²) >= 11 is 0. The number of hydrogen-bond acceptors (Lipinski definition) is 3. The lowest BCUT2D eigenvalue weighted by molar-refractivity contribution is -0.137. The molecule has 2 aliphatic heterocycles. The quantitative estimate of drug-likeness (QED) is 0.793. The van der Waals surface area contributed by atoms with Crippen LogP contribution in [0.4, 0.5) is 18.9 Å². The van der Waals surface area contributed by atoms with Crippen molar-refractivity contribution in [1.29, 1.82) is 0 Å². The van der Waals surface area contributed by atoms with E-state index in [9.17, 15) is 18.0 Å². The highest BCUT2D eigenvalue weighted by atomic mass is 19.4. The van der Waals surface area contributed by atoms with E-state index in [4.69, 9.17) is 0 Å². The molecule has 0 aromatic heterocycles. The van der Waals surface area contributed by atoms with Gasteiger partial charge in [0.1, 0.15) is 0 Å². The van der Waals surface area contributed by atoms with Crippen molar-refractivity contribution in [3.05, 3.63) is 63.7 Å². The van der Waals surface area contributed by atoms with E-state index in [1.54, 1.807) is 13.1 Å². The van der Waals surface area contributed by atoms with Crippen LogP contribution in [0.25, 0.3) is 0 Å². The van der Waals surface area contributed by atoms with Gasteiger partial charge in [0.15, 0.2) is 0 Å². The van der Waals surface area contributed by atoms with Crippen molar-refractivity contribution in [2.45, 2.75) is 39.5 Å². The second-order valence-corrected chi connectivity index (χ2v) is 8.72. The summed E-state index contributed by atoms with van der Waals surface area (Å²) in [6.07, 6.45) is -3.58. The highest BCUT2D eigenvalue weighted by molar-refractivity contribution is 5.79. The summed E-state index contributed by atoms with van der Waals surface area (Å²) in [6.45, 7) is 7.79. The number of nitrogens with zero attached hydrogens (tertiary/aromatic N) is 2. The third kappa shape index (κ3) is 4.42. The zero-order valence-corrected chi connectivity index (χ0v) is 18.1. The summed E-state index contributed by atoms with van der Waals surface area (Å²) in [5, 5.41) is 2.70. The molecule has 2 aromatic rings. The maximum atomic E-state index is 13.1. The molecule has 166 valence electrons. The topological polar surface area (TPSA) is 35.6 Å². The molecule has 0 spiro atoms. The molecule has 1 saturated heterocycles. The molecular formula is C24H28F3N3O. The predicted molar refractivity (Wildman–Crippen MR) is 115 cm³/mol. The normalized spacial score (nSPS) is 17.3. The maximum absolute atomic E-state index is 13.1. The van der Waals surface area contributed by atoms with Crippen molar-refractivity contribution in [3.63, 3.8) is 0 Å². The molecule has 2 aliphatic rings. The second-order valence-electron chi connectivity index (χ2n) is 8.72. The van der Waals surface area contributed by atoms with Crippen molar-refractivity contribution < 1.29 is 18.0 Å². The van der Waals surface area contributed by atoms with E-state index >= 15 is 0 Å². The predicted octanol–water partition coefficient (Wildman–Crippen LogP) is 4.06. The number of anilines is 1. The van der Waals surface area contributed by atoms with Gasteiger partial charge in [0.25, 0.3) is 0 Å². The molecule has 0 atom stereocenters. The molecule has 7 heteroatoms. The fourth-order valence-electron chi connectivity index (χ4n) is 4.65. The molecule has 1 amide bonds. The third-order valence-corrected chi connectivity index (χ3v) is 6.55. The Balaban J connectivity index is 1.48. The first-order chi connectivity index (χ1) is 14.7. The van der Waals surface area contributed by atoms with E-state index in [0.717, 1.165) is 49.4 Å². The smallest absolute Gasteiger partial charge is 0.367 e. The monoisotopic (exact) mass is 431 g/mol. The Hall–Kier alpha value is -2.54. The summed E-state index contributed by atoms with van der Waals surface area (Å²) < 4.78 is 39.3. The number of likely N-dealkylation sites (tertiary alicyclic amines) is 1. The molecule has 4 nitrogen and oxygen atoms in total. The van der Waals surface area contributed by atoms with E-state index in [1.165, 1.54) is 28.8 Å². The van der Waals surface area contributed by atoms with Crippen molar-refractivity contribution in [2.24, 2.45) is 5.92 Å². The van der Waals surface area contributed by atoms with Gasteiger partial charge in [-0.25, -0.2) is 0 Å². The Kier molecular flexibility index (Phi) is 5.73. The Morgan fingerprint density at radius 1 is 1.10 bits per heavy atom. The van der Waals surface area contributed by atoms with Gasteiger partial charge in [0.05, 0.1) is 11.5 Å². The standard InChI is InChI=1S/C24H28F3N3O/c1-15-8-21(9-16(2)22(15)14-29-11-19(12-29)23(31)28-3)30-7-6-17-4-5-20(24(25,26)27)10-18(17)13-30/h4-5,8-10,19H,6-7,11-14H2,1-3H3,(H,28,31). The highest BCUT2D eigenvalue weighted by Crippen LogP contribution is 2.34. The summed E-state index contributed by atoms with van der Waals surface area (Å²) in [4.78, 5) is 16.1. The van der Waals surface area contributed by atoms with E-state index in [2.05, 4.69) is 41.1 Å². The van der Waals surface area contributed by atoms with Crippen LogP contribution in [0.2, 0.25) is 0 Å². The van der Waals surface area contributed by atoms with Gasteiger partial charge in [0, 0.05) is 45.5 Å². The van der Waals surface area contributed by atoms with E-state index in [1.807, 2.05) is 0 Å². The van der Waals surface area contributed by atoms with Gasteiger partial charge in [-0.15, -0.1) is 0 Å². The van der Waals surface area contributed by atoms with Gasteiger partial charge in [-0.1, -0.05) is 6.07 Å². The SMILES string of the molecule is CNC(=O)C1CN(Cc2c(C)cc(N3CCc4ccc(C(F)(F)F)cc4C3)cc2C)C1. The molecule has 0 saturated carbocycles. The summed E-state index contributed by atoms with van der Waals surface area (Å²) in [5.74, 6) is 0.166. The number of fused-ring (bicyclic) bond motifs is 1. The van der Waals surface area contributed by atoms with E-state index in [0.29, 0.717) is 6.54 Å². The number of aryl methyl sites for hydroxylation is 2. The first kappa shape index (κ1) is 21.7. The Labute approximate surface area is 181 Å². The summed E-state index contributed by atoms with van der Waals surface area (Å²) in [5.41, 5.74) is 5.82. The van der Waals surface area contributed by atoms with Crippen LogP contribution in [0.5, 0.6) is 0 Å². The lowest BCUT2D eigenvalue weighted by Gasteiger charge is -2.39. The van der Waals surface area contributed by atoms with Gasteiger partial charge in [-0.2, -0.15) is 13.2 Å². The van der Waals surface area contributed by atoms with Crippen LogP contribution in [-0.4, -0.2) is 37.5 Å². The second kappa shape index (κ2) is 8.19. The molecular weight excluding hydrogens is 403 g/mol. The molecule has 0 radical (unpaired) electrons. The number of carbonyl (C=O) groups excluding carboxylic acids is 1. The summed E-state index contributed by atoms with van der Waals surface area (Å²) in [7, 11) is 1.67. The van der Waals surface area contributed by atoms with Crippen molar-refractivity contribution in [3.8, 4) is 0 Å². The highest BCUT2D eigenvalue weighted by Gasteiger charge is 2.33. The van der Waals surface area contributed by atoms with Crippen LogP contribution < -0.4 is 10.2 Å². The van der Waals surface area contributed by atoms with Crippen molar-refractivity contribution in [2.75, 3.05) is 31.6 Å². The fourth-order valence-corrected chi connectivity index (χ4v) is 4.65. The lowest BCUT2D eigenvalue weighted by atomic mass is 9.94. The fraction of sp³-hybridized carbons (Fsp3) is 0.458. The molecule has 1 N–H and O–H groups in total. The zero-order valence-electron chi connectivity index (χ0n) is 18.1. The van der Waals surface area contributed by atoms with Crippen LogP contribution in [0.3, 0.4) is 0 Å². The van der Waals surface area contributed by atoms with Crippen molar-refractivity contribution >= 4 is 11.6 Å². The number of halogens is 3. The van der Waals surface area contributed by atoms with Crippen LogP contribution in [-0.2, 0) is 30.5 Å². The minimum absolute atomic E-state index is 0.0693. The number of amides is 1. The molecule has 2 heterocycles. The average molecular weight is 432 g/mol. The first-order valence-corrected chi connectivity index (χ1v) is 10.6. The van der Waals surface area contributed by atoms with Crippen LogP contribution in [0, 0.1) is 19.8 Å². The minimum atomic E-state index is -4.32. The molecule has 31 heavy (non-hydrogen) atoms. The van der Waals surface area contributed by atoms with Gasteiger partial charge in [0.2, 0.25) is 5.91 Å². The number of alkyl halides is 3. The van der Waals surface area contributed by atoms with Crippen LogP contribution in [0.1, 0.15) is 33.4 Å². The molecule has 4 rings (SSSR count).